The number of amides is 1. The predicted molar refractivity (Wildman–Crippen MR) is 94.2 cm³/mol. The number of H-pyrrole nitrogens is 1. The van der Waals surface area contributed by atoms with Crippen LogP contribution in [0.15, 0.2) is 52.5 Å². The number of phenolic OH excluding ortho intramolecular Hbond substituents is 1. The van der Waals surface area contributed by atoms with Crippen molar-refractivity contribution in [2.24, 2.45) is 5.10 Å². The lowest BCUT2D eigenvalue weighted by atomic mass is 10.1. The number of hydrogen-bond acceptors (Lipinski definition) is 5. The number of phenols is 1. The Balaban J connectivity index is 1.80. The lowest BCUT2D eigenvalue weighted by molar-refractivity contribution is 0.0954. The molecular formula is C18H14FN3O4. The second-order valence-electron chi connectivity index (χ2n) is 5.32. The molecule has 0 atom stereocenters. The van der Waals surface area contributed by atoms with Crippen LogP contribution in [0, 0.1) is 5.82 Å². The lowest BCUT2D eigenvalue weighted by Gasteiger charge is -2.04. The van der Waals surface area contributed by atoms with E-state index in [1.165, 1.54) is 37.6 Å². The number of aromatic hydroxyl groups is 1. The first-order chi connectivity index (χ1) is 12.5. The fourth-order valence-electron chi connectivity index (χ4n) is 2.40. The molecule has 1 amide bonds. The van der Waals surface area contributed by atoms with E-state index in [1.807, 2.05) is 0 Å². The van der Waals surface area contributed by atoms with E-state index in [0.29, 0.717) is 11.3 Å². The lowest BCUT2D eigenvalue weighted by Crippen LogP contribution is -2.25. The third-order valence-corrected chi connectivity index (χ3v) is 3.69. The van der Waals surface area contributed by atoms with Gasteiger partial charge in [-0.05, 0) is 35.9 Å². The maximum atomic E-state index is 13.7. The maximum absolute atomic E-state index is 13.7. The zero-order chi connectivity index (χ0) is 18.7. The third-order valence-electron chi connectivity index (χ3n) is 3.69. The molecule has 0 aliphatic heterocycles. The summed E-state index contributed by atoms with van der Waals surface area (Å²) in [7, 11) is 1.43. The number of fused-ring (bicyclic) bond motifs is 1. The van der Waals surface area contributed by atoms with E-state index < -0.39 is 17.2 Å². The van der Waals surface area contributed by atoms with E-state index in [1.54, 1.807) is 12.1 Å². The molecule has 132 valence electrons. The molecule has 26 heavy (non-hydrogen) atoms. The smallest absolute Gasteiger partial charge is 0.276 e. The van der Waals surface area contributed by atoms with Gasteiger partial charge in [0.25, 0.3) is 5.91 Å². The van der Waals surface area contributed by atoms with Crippen molar-refractivity contribution in [3.63, 3.8) is 0 Å². The van der Waals surface area contributed by atoms with Crippen LogP contribution in [-0.2, 0) is 0 Å². The highest BCUT2D eigenvalue weighted by atomic mass is 19.1. The second-order valence-corrected chi connectivity index (χ2v) is 5.32. The summed E-state index contributed by atoms with van der Waals surface area (Å²) in [5.41, 5.74) is 1.97. The van der Waals surface area contributed by atoms with Gasteiger partial charge in [0.05, 0.1) is 18.8 Å². The zero-order valence-electron chi connectivity index (χ0n) is 13.6. The van der Waals surface area contributed by atoms with Crippen LogP contribution < -0.4 is 15.6 Å². The van der Waals surface area contributed by atoms with Gasteiger partial charge in [-0.15, -0.1) is 0 Å². The fourth-order valence-corrected chi connectivity index (χ4v) is 2.40. The van der Waals surface area contributed by atoms with Crippen LogP contribution in [0.4, 0.5) is 4.39 Å². The van der Waals surface area contributed by atoms with E-state index in [0.717, 1.165) is 6.20 Å². The molecule has 3 N–H and O–H groups in total. The van der Waals surface area contributed by atoms with Crippen molar-refractivity contribution in [1.82, 2.24) is 10.4 Å². The van der Waals surface area contributed by atoms with Gasteiger partial charge in [-0.3, -0.25) is 9.59 Å². The standard InChI is InChI=1S/C18H14FN3O4/c1-26-15-6-5-10(7-14(15)23)8-21-22-18(25)12-9-20-16-11(17(12)24)3-2-4-13(16)19/h2-9,23H,1H3,(H,20,24)(H,22,25)/b21-8+. The number of rotatable bonds is 4. The number of aromatic amines is 1. The number of benzene rings is 2. The van der Waals surface area contributed by atoms with Crippen molar-refractivity contribution in [3.8, 4) is 11.5 Å². The molecule has 0 aliphatic carbocycles. The minimum absolute atomic E-state index is 0.0336. The number of halogens is 1. The van der Waals surface area contributed by atoms with E-state index in [9.17, 15) is 19.1 Å². The highest BCUT2D eigenvalue weighted by molar-refractivity contribution is 5.97. The molecule has 2 aromatic carbocycles. The number of aromatic nitrogens is 1. The number of nitrogens with zero attached hydrogens (tertiary/aromatic N) is 1. The minimum Gasteiger partial charge on any atom is -0.504 e. The van der Waals surface area contributed by atoms with Crippen molar-refractivity contribution in [2.45, 2.75) is 0 Å². The van der Waals surface area contributed by atoms with Crippen LogP contribution in [0.3, 0.4) is 0 Å². The van der Waals surface area contributed by atoms with E-state index in [2.05, 4.69) is 15.5 Å². The monoisotopic (exact) mass is 355 g/mol. The molecule has 1 aromatic heterocycles. The molecule has 3 rings (SSSR count). The summed E-state index contributed by atoms with van der Waals surface area (Å²) in [6, 6.07) is 8.61. The second kappa shape index (κ2) is 7.06. The van der Waals surface area contributed by atoms with Crippen LogP contribution in [0.1, 0.15) is 15.9 Å². The maximum Gasteiger partial charge on any atom is 0.276 e. The molecule has 7 nitrogen and oxygen atoms in total. The van der Waals surface area contributed by atoms with E-state index in [-0.39, 0.29) is 22.2 Å². The topological polar surface area (TPSA) is 104 Å². The molecule has 0 saturated heterocycles. The Kier molecular flexibility index (Phi) is 4.66. The predicted octanol–water partition coefficient (Wildman–Crippen LogP) is 2.15. The summed E-state index contributed by atoms with van der Waals surface area (Å²) in [5, 5.41) is 13.5. The van der Waals surface area contributed by atoms with Crippen LogP contribution in [0.5, 0.6) is 11.5 Å². The van der Waals surface area contributed by atoms with Crippen LogP contribution >= 0.6 is 0 Å². The largest absolute Gasteiger partial charge is 0.504 e. The molecule has 1 heterocycles. The number of carbonyl (C=O) groups excluding carboxylic acids is 1. The Morgan fingerprint density at radius 1 is 1.35 bits per heavy atom. The Morgan fingerprint density at radius 2 is 2.15 bits per heavy atom. The molecule has 0 bridgehead atoms. The number of hydrogen-bond donors (Lipinski definition) is 3. The fraction of sp³-hybridized carbons (Fsp3) is 0.0556. The Hall–Kier alpha value is -3.68. The van der Waals surface area contributed by atoms with Crippen LogP contribution in [0.25, 0.3) is 10.9 Å². The van der Waals surface area contributed by atoms with Gasteiger partial charge in [0.15, 0.2) is 11.5 Å². The molecule has 0 unspecified atom stereocenters. The first-order valence-electron chi connectivity index (χ1n) is 7.51. The SMILES string of the molecule is COc1ccc(/C=N/NC(=O)c2c[nH]c3c(F)cccc3c2=O)cc1O. The number of nitrogens with one attached hydrogen (secondary N) is 2. The highest BCUT2D eigenvalue weighted by Gasteiger charge is 2.13. The molecule has 8 heteroatoms. The minimum atomic E-state index is -0.744. The molecule has 0 saturated carbocycles. The zero-order valence-corrected chi connectivity index (χ0v) is 13.6. The van der Waals surface area contributed by atoms with Crippen molar-refractivity contribution in [2.75, 3.05) is 7.11 Å². The molecule has 3 aromatic rings. The van der Waals surface area contributed by atoms with Gasteiger partial charge in [-0.1, -0.05) is 6.07 Å². The van der Waals surface area contributed by atoms with Gasteiger partial charge in [0.2, 0.25) is 5.43 Å². The average molecular weight is 355 g/mol. The average Bonchev–Trinajstić information content (AvgIpc) is 2.63. The number of para-hydroxylation sites is 1. The van der Waals surface area contributed by atoms with Gasteiger partial charge in [0.1, 0.15) is 11.4 Å². The molecule has 0 aliphatic rings. The number of ether oxygens (including phenoxy) is 1. The van der Waals surface area contributed by atoms with Crippen molar-refractivity contribution >= 4 is 23.0 Å². The number of carbonyl (C=O) groups is 1. The van der Waals surface area contributed by atoms with Crippen molar-refractivity contribution < 1.29 is 19.0 Å². The van der Waals surface area contributed by atoms with Gasteiger partial charge in [-0.25, -0.2) is 9.82 Å². The normalized spacial score (nSPS) is 11.0. The third kappa shape index (κ3) is 3.25. The molecule has 0 fully saturated rings. The summed E-state index contributed by atoms with van der Waals surface area (Å²) >= 11 is 0. The summed E-state index contributed by atoms with van der Waals surface area (Å²) in [6.07, 6.45) is 2.43. The van der Waals surface area contributed by atoms with Gasteiger partial charge >= 0.3 is 0 Å². The number of methoxy groups -OCH3 is 1. The first-order valence-corrected chi connectivity index (χ1v) is 7.51. The highest BCUT2D eigenvalue weighted by Crippen LogP contribution is 2.25. The first kappa shape index (κ1) is 17.2. The number of hydrazone groups is 1. The van der Waals surface area contributed by atoms with Gasteiger partial charge in [-0.2, -0.15) is 5.10 Å². The van der Waals surface area contributed by atoms with Gasteiger partial charge in [0, 0.05) is 11.6 Å². The summed E-state index contributed by atoms with van der Waals surface area (Å²) in [6.45, 7) is 0. The van der Waals surface area contributed by atoms with E-state index in [4.69, 9.17) is 4.74 Å². The molecule has 0 radical (unpaired) electrons. The summed E-state index contributed by atoms with van der Waals surface area (Å²) in [4.78, 5) is 27.1. The van der Waals surface area contributed by atoms with Crippen molar-refractivity contribution in [1.29, 1.82) is 0 Å². The number of pyridine rings is 1. The Bertz CT molecular complexity index is 1080. The Morgan fingerprint density at radius 3 is 2.88 bits per heavy atom. The molecule has 0 spiro atoms. The van der Waals surface area contributed by atoms with E-state index >= 15 is 0 Å². The van der Waals surface area contributed by atoms with Crippen LogP contribution in [0.2, 0.25) is 0 Å². The van der Waals surface area contributed by atoms with Gasteiger partial charge < -0.3 is 14.8 Å². The van der Waals surface area contributed by atoms with Crippen LogP contribution in [-0.4, -0.2) is 29.3 Å². The Labute approximate surface area is 146 Å². The summed E-state index contributed by atoms with van der Waals surface area (Å²) in [5.74, 6) is -1.09. The summed E-state index contributed by atoms with van der Waals surface area (Å²) < 4.78 is 18.6. The molecular weight excluding hydrogens is 341 g/mol. The van der Waals surface area contributed by atoms with Crippen molar-refractivity contribution in [3.05, 3.63) is 69.8 Å². The quantitative estimate of drug-likeness (QED) is 0.493.